The van der Waals surface area contributed by atoms with Gasteiger partial charge in [-0.15, -0.1) is 0 Å². The van der Waals surface area contributed by atoms with Crippen LogP contribution in [0.1, 0.15) is 41.0 Å². The quantitative estimate of drug-likeness (QED) is 0.469. The maximum absolute atomic E-state index is 13.0. The molecular formula is C16H27ClN5O4P. The number of aromatic amines is 1. The molecule has 0 spiro atoms. The van der Waals surface area contributed by atoms with Gasteiger partial charge >= 0.3 is 7.60 Å². The molecule has 1 saturated carbocycles. The van der Waals surface area contributed by atoms with Crippen molar-refractivity contribution in [2.45, 2.75) is 65.4 Å². The van der Waals surface area contributed by atoms with E-state index >= 15 is 0 Å². The van der Waals surface area contributed by atoms with E-state index in [0.717, 1.165) is 6.42 Å². The van der Waals surface area contributed by atoms with Gasteiger partial charge in [0.25, 0.3) is 0 Å². The van der Waals surface area contributed by atoms with Gasteiger partial charge < -0.3 is 19.5 Å². The number of nitrogen functional groups attached to an aromatic ring is 1. The standard InChI is InChI=1S/C16H27ClN5O4P/c1-9(2)25-27(23,26-10(3)4)8-24-16(6-11(16)5)7-22-14-12(21-22)13(17)19-15(18)20-14/h9-11,21H,6-8H2,1-5H3,(H2,18,19,20). The number of hydrogen-bond donors (Lipinski definition) is 2. The zero-order valence-electron chi connectivity index (χ0n) is 16.2. The number of nitrogens with two attached hydrogens (primary N) is 1. The lowest BCUT2D eigenvalue weighted by molar-refractivity contribution is 0.0159. The van der Waals surface area contributed by atoms with Crippen LogP contribution in [0.2, 0.25) is 5.15 Å². The normalized spacial score (nSPS) is 23.0. The fourth-order valence-electron chi connectivity index (χ4n) is 3.11. The Morgan fingerprint density at radius 1 is 1.33 bits per heavy atom. The van der Waals surface area contributed by atoms with Crippen molar-refractivity contribution in [3.8, 4) is 0 Å². The number of nitrogens with one attached hydrogen (secondary N) is 1. The molecule has 152 valence electrons. The summed E-state index contributed by atoms with van der Waals surface area (Å²) in [6, 6.07) is 0. The number of anilines is 1. The third-order valence-electron chi connectivity index (χ3n) is 4.43. The summed E-state index contributed by atoms with van der Waals surface area (Å²) in [7, 11) is -3.36. The number of nitrogens with zero attached hydrogens (tertiary/aromatic N) is 3. The highest BCUT2D eigenvalue weighted by molar-refractivity contribution is 7.53. The average molecular weight is 420 g/mol. The van der Waals surface area contributed by atoms with Crippen molar-refractivity contribution in [2.24, 2.45) is 5.92 Å². The molecule has 1 fully saturated rings. The van der Waals surface area contributed by atoms with E-state index in [1.54, 1.807) is 0 Å². The summed E-state index contributed by atoms with van der Waals surface area (Å²) in [4.78, 5) is 8.12. The van der Waals surface area contributed by atoms with Gasteiger partial charge in [0.1, 0.15) is 11.9 Å². The van der Waals surface area contributed by atoms with Gasteiger partial charge in [-0.2, -0.15) is 9.97 Å². The third kappa shape index (κ3) is 4.49. The van der Waals surface area contributed by atoms with E-state index in [4.69, 9.17) is 31.1 Å². The first-order valence-electron chi connectivity index (χ1n) is 9.00. The lowest BCUT2D eigenvalue weighted by atomic mass is 10.2. The second-order valence-corrected chi connectivity index (χ2v) is 9.89. The van der Waals surface area contributed by atoms with Gasteiger partial charge in [-0.05, 0) is 40.0 Å². The number of fused-ring (bicyclic) bond motifs is 1. The van der Waals surface area contributed by atoms with Crippen LogP contribution in [-0.2, 0) is 24.9 Å². The van der Waals surface area contributed by atoms with Crippen LogP contribution < -0.4 is 5.73 Å². The predicted octanol–water partition coefficient (Wildman–Crippen LogP) is 3.79. The Morgan fingerprint density at radius 3 is 2.44 bits per heavy atom. The molecule has 2 unspecified atom stereocenters. The van der Waals surface area contributed by atoms with Crippen LogP contribution in [0.3, 0.4) is 0 Å². The van der Waals surface area contributed by atoms with Crippen LogP contribution in [-0.4, -0.2) is 43.9 Å². The van der Waals surface area contributed by atoms with Crippen LogP contribution >= 0.6 is 19.2 Å². The van der Waals surface area contributed by atoms with E-state index in [1.165, 1.54) is 0 Å². The Morgan fingerprint density at radius 2 is 1.93 bits per heavy atom. The number of ether oxygens (including phenoxy) is 1. The van der Waals surface area contributed by atoms with Gasteiger partial charge in [-0.25, -0.2) is 0 Å². The highest BCUT2D eigenvalue weighted by Gasteiger charge is 2.54. The Balaban J connectivity index is 1.73. The zero-order valence-corrected chi connectivity index (χ0v) is 17.9. The molecule has 27 heavy (non-hydrogen) atoms. The van der Waals surface area contributed by atoms with Crippen molar-refractivity contribution in [1.29, 1.82) is 0 Å². The maximum Gasteiger partial charge on any atom is 0.356 e. The molecule has 2 aromatic heterocycles. The first-order chi connectivity index (χ1) is 12.5. The van der Waals surface area contributed by atoms with Gasteiger partial charge in [0.15, 0.2) is 10.8 Å². The SMILES string of the molecule is CC(C)OP(=O)(COC1(Cn2[nH]c3c(Cl)nc(N)nc32)CC1C)OC(C)C. The first kappa shape index (κ1) is 20.6. The Labute approximate surface area is 163 Å². The molecule has 11 heteroatoms. The van der Waals surface area contributed by atoms with Crippen molar-refractivity contribution < 1.29 is 18.3 Å². The summed E-state index contributed by atoms with van der Waals surface area (Å²) in [5.74, 6) is 0.411. The van der Waals surface area contributed by atoms with E-state index in [0.29, 0.717) is 23.6 Å². The van der Waals surface area contributed by atoms with Gasteiger partial charge in [-0.1, -0.05) is 18.5 Å². The van der Waals surface area contributed by atoms with Crippen molar-refractivity contribution in [2.75, 3.05) is 12.1 Å². The van der Waals surface area contributed by atoms with E-state index in [-0.39, 0.29) is 29.7 Å². The van der Waals surface area contributed by atoms with Crippen LogP contribution in [0.4, 0.5) is 5.95 Å². The molecule has 9 nitrogen and oxygen atoms in total. The van der Waals surface area contributed by atoms with Crippen LogP contribution in [0.5, 0.6) is 0 Å². The van der Waals surface area contributed by atoms with E-state index in [1.807, 2.05) is 32.4 Å². The molecule has 0 aromatic carbocycles. The summed E-state index contributed by atoms with van der Waals surface area (Å²) < 4.78 is 32.1. The van der Waals surface area contributed by atoms with Gasteiger partial charge in [0, 0.05) is 0 Å². The minimum atomic E-state index is -3.36. The number of aromatic nitrogens is 4. The van der Waals surface area contributed by atoms with E-state index in [2.05, 4.69) is 22.0 Å². The van der Waals surface area contributed by atoms with Gasteiger partial charge in [-0.3, -0.25) is 14.3 Å². The van der Waals surface area contributed by atoms with Crippen LogP contribution in [0.15, 0.2) is 0 Å². The molecule has 2 atom stereocenters. The van der Waals surface area contributed by atoms with E-state index in [9.17, 15) is 4.57 Å². The first-order valence-corrected chi connectivity index (χ1v) is 11.1. The number of hydrogen-bond acceptors (Lipinski definition) is 7. The molecule has 0 bridgehead atoms. The smallest absolute Gasteiger partial charge is 0.356 e. The molecule has 3 rings (SSSR count). The molecule has 1 aliphatic carbocycles. The topological polar surface area (TPSA) is 117 Å². The summed E-state index contributed by atoms with van der Waals surface area (Å²) >= 11 is 6.05. The average Bonchev–Trinajstić information content (AvgIpc) is 3.14. The molecule has 1 aliphatic rings. The molecule has 0 saturated heterocycles. The molecule has 3 N–H and O–H groups in total. The van der Waals surface area contributed by atoms with Crippen molar-refractivity contribution >= 4 is 36.3 Å². The molecule has 0 radical (unpaired) electrons. The van der Waals surface area contributed by atoms with Crippen molar-refractivity contribution in [3.63, 3.8) is 0 Å². The molecule has 0 aliphatic heterocycles. The molecular weight excluding hydrogens is 393 g/mol. The summed E-state index contributed by atoms with van der Waals surface area (Å²) in [6.07, 6.45) is 0.284. The van der Waals surface area contributed by atoms with Crippen molar-refractivity contribution in [3.05, 3.63) is 5.15 Å². The van der Waals surface area contributed by atoms with Gasteiger partial charge in [0.05, 0.1) is 24.4 Å². The fraction of sp³-hybridized carbons (Fsp3) is 0.750. The van der Waals surface area contributed by atoms with Crippen LogP contribution in [0.25, 0.3) is 11.2 Å². The minimum Gasteiger partial charge on any atom is -0.368 e. The Bertz CT molecular complexity index is 852. The van der Waals surface area contributed by atoms with Crippen molar-refractivity contribution in [1.82, 2.24) is 19.7 Å². The lowest BCUT2D eigenvalue weighted by Gasteiger charge is -2.27. The minimum absolute atomic E-state index is 0.0962. The Kier molecular flexibility index (Phi) is 5.62. The molecule has 0 amide bonds. The van der Waals surface area contributed by atoms with Crippen LogP contribution in [0, 0.1) is 5.92 Å². The lowest BCUT2D eigenvalue weighted by Crippen LogP contribution is -2.29. The molecule has 2 aromatic rings. The maximum atomic E-state index is 13.0. The highest BCUT2D eigenvalue weighted by Crippen LogP contribution is 2.55. The Hall–Kier alpha value is -1.12. The monoisotopic (exact) mass is 419 g/mol. The van der Waals surface area contributed by atoms with Gasteiger partial charge in [0.2, 0.25) is 5.95 Å². The second-order valence-electron chi connectivity index (χ2n) is 7.63. The summed E-state index contributed by atoms with van der Waals surface area (Å²) in [5.41, 5.74) is 6.49. The summed E-state index contributed by atoms with van der Waals surface area (Å²) in [6.45, 7) is 9.87. The van der Waals surface area contributed by atoms with E-state index < -0.39 is 13.2 Å². The number of halogens is 1. The molecule has 2 heterocycles. The third-order valence-corrected chi connectivity index (χ3v) is 6.64. The number of H-pyrrole nitrogens is 1. The number of rotatable bonds is 9. The fourth-order valence-corrected chi connectivity index (χ4v) is 5.19. The zero-order chi connectivity index (χ0) is 20.0. The largest absolute Gasteiger partial charge is 0.368 e. The summed E-state index contributed by atoms with van der Waals surface area (Å²) in [5, 5.41) is 3.39. The highest BCUT2D eigenvalue weighted by atomic mass is 35.5. The second kappa shape index (κ2) is 7.37. The predicted molar refractivity (Wildman–Crippen MR) is 104 cm³/mol.